The fourth-order valence-corrected chi connectivity index (χ4v) is 3.71. The molecule has 0 heterocycles. The van der Waals surface area contributed by atoms with E-state index < -0.39 is 33.7 Å². The number of ketones is 1. The predicted molar refractivity (Wildman–Crippen MR) is 105 cm³/mol. The molecule has 28 heavy (non-hydrogen) atoms. The van der Waals surface area contributed by atoms with Gasteiger partial charge in [0.15, 0.2) is 11.6 Å². The van der Waals surface area contributed by atoms with Gasteiger partial charge in [-0.1, -0.05) is 25.5 Å². The second-order valence-corrected chi connectivity index (χ2v) is 8.19. The summed E-state index contributed by atoms with van der Waals surface area (Å²) < 4.78 is 31.6. The number of hydrogen-bond donors (Lipinski definition) is 4. The number of carboxylic acids is 1. The highest BCUT2D eigenvalue weighted by molar-refractivity contribution is 7.89. The molecule has 0 bridgehead atoms. The zero-order chi connectivity index (χ0) is 21.2. The molecule has 0 aliphatic carbocycles. The molecule has 1 aromatic rings. The van der Waals surface area contributed by atoms with Gasteiger partial charge in [0, 0.05) is 6.42 Å². The number of rotatable bonds is 14. The van der Waals surface area contributed by atoms with Gasteiger partial charge in [-0.2, -0.15) is 0 Å². The predicted octanol–water partition coefficient (Wildman–Crippen LogP) is 1.07. The Morgan fingerprint density at radius 3 is 2.43 bits per heavy atom. The number of carbonyl (C=O) groups is 2. The van der Waals surface area contributed by atoms with Gasteiger partial charge in [0.25, 0.3) is 0 Å². The summed E-state index contributed by atoms with van der Waals surface area (Å²) in [6, 6.07) is 5.36. The van der Waals surface area contributed by atoms with Gasteiger partial charge in [-0.15, -0.1) is 0 Å². The lowest BCUT2D eigenvalue weighted by atomic mass is 10.1. The van der Waals surface area contributed by atoms with Crippen LogP contribution in [0.3, 0.4) is 0 Å². The largest absolute Gasteiger partial charge is 0.494 e. The van der Waals surface area contributed by atoms with Crippen molar-refractivity contribution in [3.05, 3.63) is 29.8 Å². The van der Waals surface area contributed by atoms with E-state index in [1.165, 1.54) is 0 Å². The SMILES string of the molecule is CCCCS(=O)(=O)N[C@@H](Cc1ccc(OCCCC(=O)C(=N)N)cc1)C(=O)O. The highest BCUT2D eigenvalue weighted by atomic mass is 32.2. The van der Waals surface area contributed by atoms with Crippen LogP contribution in [0.1, 0.15) is 38.2 Å². The van der Waals surface area contributed by atoms with Gasteiger partial charge in [-0.3, -0.25) is 15.0 Å². The van der Waals surface area contributed by atoms with Gasteiger partial charge < -0.3 is 15.6 Å². The molecule has 0 spiro atoms. The summed E-state index contributed by atoms with van der Waals surface area (Å²) in [5, 5.41) is 16.3. The lowest BCUT2D eigenvalue weighted by molar-refractivity contribution is -0.138. The van der Waals surface area contributed by atoms with Crippen LogP contribution in [0.2, 0.25) is 0 Å². The number of ether oxygens (including phenoxy) is 1. The number of sulfonamides is 1. The monoisotopic (exact) mass is 413 g/mol. The molecule has 1 atom stereocenters. The number of nitrogens with one attached hydrogen (secondary N) is 2. The summed E-state index contributed by atoms with van der Waals surface area (Å²) in [6.45, 7) is 2.13. The van der Waals surface area contributed by atoms with E-state index in [0.717, 1.165) is 0 Å². The smallest absolute Gasteiger partial charge is 0.322 e. The van der Waals surface area contributed by atoms with Crippen molar-refractivity contribution in [3.63, 3.8) is 0 Å². The third-order valence-electron chi connectivity index (χ3n) is 3.87. The van der Waals surface area contributed by atoms with Crippen molar-refractivity contribution in [1.29, 1.82) is 5.41 Å². The molecule has 9 nitrogen and oxygen atoms in total. The molecule has 1 aromatic carbocycles. The summed E-state index contributed by atoms with van der Waals surface area (Å²) in [7, 11) is -3.65. The van der Waals surface area contributed by atoms with Gasteiger partial charge in [-0.05, 0) is 37.0 Å². The van der Waals surface area contributed by atoms with E-state index in [4.69, 9.17) is 15.9 Å². The summed E-state index contributed by atoms with van der Waals surface area (Å²) in [6.07, 6.45) is 1.72. The number of amidine groups is 1. The maximum absolute atomic E-state index is 11.9. The summed E-state index contributed by atoms with van der Waals surface area (Å²) in [5.41, 5.74) is 5.72. The van der Waals surface area contributed by atoms with E-state index in [9.17, 15) is 23.1 Å². The topological polar surface area (TPSA) is 160 Å². The molecule has 0 fully saturated rings. The Hall–Kier alpha value is -2.46. The van der Waals surface area contributed by atoms with Gasteiger partial charge in [0.05, 0.1) is 12.4 Å². The number of nitrogens with two attached hydrogens (primary N) is 1. The number of carboxylic acid groups (broad SMARTS) is 1. The van der Waals surface area contributed by atoms with E-state index in [1.54, 1.807) is 24.3 Å². The van der Waals surface area contributed by atoms with E-state index in [1.807, 2.05) is 6.92 Å². The van der Waals surface area contributed by atoms with Crippen molar-refractivity contribution in [2.24, 2.45) is 5.73 Å². The number of aliphatic carboxylic acids is 1. The van der Waals surface area contributed by atoms with Crippen molar-refractivity contribution in [2.75, 3.05) is 12.4 Å². The Bertz CT molecular complexity index is 777. The number of unbranched alkanes of at least 4 members (excludes halogenated alkanes) is 1. The second-order valence-electron chi connectivity index (χ2n) is 6.32. The van der Waals surface area contributed by atoms with Crippen LogP contribution in [0.4, 0.5) is 0 Å². The van der Waals surface area contributed by atoms with E-state index >= 15 is 0 Å². The molecule has 10 heteroatoms. The molecule has 0 unspecified atom stereocenters. The fraction of sp³-hybridized carbons (Fsp3) is 0.500. The number of benzene rings is 1. The first-order chi connectivity index (χ1) is 13.1. The Morgan fingerprint density at radius 2 is 1.89 bits per heavy atom. The molecule has 0 aliphatic rings. The first kappa shape index (κ1) is 23.6. The van der Waals surface area contributed by atoms with Crippen LogP contribution in [0.5, 0.6) is 5.75 Å². The van der Waals surface area contributed by atoms with E-state index in [0.29, 0.717) is 30.6 Å². The fourth-order valence-electron chi connectivity index (χ4n) is 2.30. The Kier molecular flexibility index (Phi) is 9.60. The lowest BCUT2D eigenvalue weighted by Crippen LogP contribution is -2.43. The minimum atomic E-state index is -3.65. The first-order valence-corrected chi connectivity index (χ1v) is 10.6. The number of Topliss-reactive ketones (excluding diaryl/α,β-unsaturated/α-hetero) is 1. The van der Waals surface area contributed by atoms with Gasteiger partial charge in [-0.25, -0.2) is 13.1 Å². The molecule has 0 aliphatic heterocycles. The molecule has 1 rings (SSSR count). The molecule has 0 amide bonds. The highest BCUT2D eigenvalue weighted by Crippen LogP contribution is 2.14. The number of hydrogen-bond acceptors (Lipinski definition) is 6. The molecule has 0 aromatic heterocycles. The molecule has 5 N–H and O–H groups in total. The average Bonchev–Trinajstić information content (AvgIpc) is 2.63. The van der Waals surface area contributed by atoms with E-state index in [2.05, 4.69) is 4.72 Å². The van der Waals surface area contributed by atoms with Crippen molar-refractivity contribution in [3.8, 4) is 5.75 Å². The zero-order valence-electron chi connectivity index (χ0n) is 15.8. The van der Waals surface area contributed by atoms with Gasteiger partial charge >= 0.3 is 5.97 Å². The number of carbonyl (C=O) groups excluding carboxylic acids is 1. The van der Waals surface area contributed by atoms with Crippen LogP contribution in [0, 0.1) is 5.41 Å². The van der Waals surface area contributed by atoms with Crippen LogP contribution in [0.25, 0.3) is 0 Å². The summed E-state index contributed by atoms with van der Waals surface area (Å²) in [4.78, 5) is 22.6. The maximum Gasteiger partial charge on any atom is 0.322 e. The van der Waals surface area contributed by atoms with Crippen molar-refractivity contribution < 1.29 is 27.9 Å². The third-order valence-corrected chi connectivity index (χ3v) is 5.34. The molecule has 0 saturated carbocycles. The van der Waals surface area contributed by atoms with Crippen LogP contribution in [-0.4, -0.2) is 49.5 Å². The first-order valence-electron chi connectivity index (χ1n) is 8.96. The quantitative estimate of drug-likeness (QED) is 0.201. The van der Waals surface area contributed by atoms with Crippen molar-refractivity contribution >= 4 is 27.6 Å². The van der Waals surface area contributed by atoms with Crippen molar-refractivity contribution in [1.82, 2.24) is 4.72 Å². The van der Waals surface area contributed by atoms with Gasteiger partial charge in [0.2, 0.25) is 10.0 Å². The van der Waals surface area contributed by atoms with Crippen LogP contribution >= 0.6 is 0 Å². The lowest BCUT2D eigenvalue weighted by Gasteiger charge is -2.15. The Morgan fingerprint density at radius 1 is 1.25 bits per heavy atom. The second kappa shape index (κ2) is 11.4. The molecular weight excluding hydrogens is 386 g/mol. The van der Waals surface area contributed by atoms with Crippen molar-refractivity contribution in [2.45, 2.75) is 45.1 Å². The minimum absolute atomic E-state index is 0.00802. The van der Waals surface area contributed by atoms with Gasteiger partial charge in [0.1, 0.15) is 11.8 Å². The van der Waals surface area contributed by atoms with Crippen LogP contribution < -0.4 is 15.2 Å². The molecular formula is C18H27N3O6S. The molecule has 156 valence electrons. The Balaban J connectivity index is 2.57. The van der Waals surface area contributed by atoms with Crippen LogP contribution in [0.15, 0.2) is 24.3 Å². The van der Waals surface area contributed by atoms with E-state index in [-0.39, 0.29) is 25.2 Å². The summed E-state index contributed by atoms with van der Waals surface area (Å²) in [5.74, 6) is -1.71. The molecule has 0 saturated heterocycles. The highest BCUT2D eigenvalue weighted by Gasteiger charge is 2.24. The normalized spacial score (nSPS) is 12.3. The maximum atomic E-state index is 11.9. The third kappa shape index (κ3) is 8.96. The Labute approximate surface area is 164 Å². The molecule has 0 radical (unpaired) electrons. The summed E-state index contributed by atoms with van der Waals surface area (Å²) >= 11 is 0. The van der Waals surface area contributed by atoms with Crippen LogP contribution in [-0.2, 0) is 26.0 Å². The minimum Gasteiger partial charge on any atom is -0.494 e. The standard InChI is InChI=1S/C18H27N3O6S/c1-2-3-11-28(25,26)21-15(18(23)24)12-13-6-8-14(9-7-13)27-10-4-5-16(22)17(19)20/h6-9,15,21H,2-5,10-12H2,1H3,(H3,19,20)(H,23,24)/t15-/m0/s1. The zero-order valence-corrected chi connectivity index (χ0v) is 16.6. The average molecular weight is 413 g/mol.